The summed E-state index contributed by atoms with van der Waals surface area (Å²) in [6.07, 6.45) is 1.45. The van der Waals surface area contributed by atoms with Crippen molar-refractivity contribution >= 4 is 45.0 Å². The highest BCUT2D eigenvalue weighted by Gasteiger charge is 2.20. The molecule has 164 valence electrons. The molecule has 0 unspecified atom stereocenters. The standard InChI is InChI=1S/C22H26N4O4S/c1-5-26(6-2)11-12-30-21(27)15-7-9-16(10-8-15)25-19-17-14(3)18(22(28)29-4)31-20(17)24-13-23-19/h7-10,13H,5-6,11-12H2,1-4H3,(H,23,24,25). The Kier molecular flexibility index (Phi) is 7.54. The second-order valence-electron chi connectivity index (χ2n) is 6.82. The van der Waals surface area contributed by atoms with Crippen LogP contribution in [0.3, 0.4) is 0 Å². The number of fused-ring (bicyclic) bond motifs is 1. The van der Waals surface area contributed by atoms with Gasteiger partial charge in [-0.1, -0.05) is 13.8 Å². The summed E-state index contributed by atoms with van der Waals surface area (Å²) in [4.78, 5) is 36.2. The van der Waals surface area contributed by atoms with E-state index in [2.05, 4.69) is 34.0 Å². The fourth-order valence-electron chi connectivity index (χ4n) is 3.17. The van der Waals surface area contributed by atoms with Gasteiger partial charge in [0, 0.05) is 12.2 Å². The third kappa shape index (κ3) is 5.18. The van der Waals surface area contributed by atoms with Crippen LogP contribution in [0.4, 0.5) is 11.5 Å². The van der Waals surface area contributed by atoms with Gasteiger partial charge in [0.1, 0.15) is 28.5 Å². The number of esters is 2. The van der Waals surface area contributed by atoms with Crippen molar-refractivity contribution in [3.8, 4) is 0 Å². The number of benzene rings is 1. The van der Waals surface area contributed by atoms with Crippen LogP contribution in [-0.2, 0) is 9.47 Å². The molecule has 0 saturated carbocycles. The minimum Gasteiger partial charge on any atom is -0.465 e. The average Bonchev–Trinajstić information content (AvgIpc) is 3.14. The summed E-state index contributed by atoms with van der Waals surface area (Å²) in [7, 11) is 1.35. The molecular formula is C22H26N4O4S. The van der Waals surface area contributed by atoms with Crippen LogP contribution in [0.1, 0.15) is 39.4 Å². The van der Waals surface area contributed by atoms with E-state index in [1.807, 2.05) is 6.92 Å². The third-order valence-corrected chi connectivity index (χ3v) is 6.20. The van der Waals surface area contributed by atoms with Gasteiger partial charge < -0.3 is 19.7 Å². The van der Waals surface area contributed by atoms with Crippen LogP contribution in [0.25, 0.3) is 10.2 Å². The van der Waals surface area contributed by atoms with Gasteiger partial charge in [0.2, 0.25) is 0 Å². The molecule has 8 nitrogen and oxygen atoms in total. The molecule has 0 aliphatic rings. The van der Waals surface area contributed by atoms with Crippen molar-refractivity contribution in [2.45, 2.75) is 20.8 Å². The molecular weight excluding hydrogens is 416 g/mol. The number of carbonyl (C=O) groups is 2. The summed E-state index contributed by atoms with van der Waals surface area (Å²) >= 11 is 1.27. The summed E-state index contributed by atoms with van der Waals surface area (Å²) in [5, 5.41) is 4.01. The van der Waals surface area contributed by atoms with Crippen molar-refractivity contribution in [1.29, 1.82) is 0 Å². The maximum absolute atomic E-state index is 12.3. The molecule has 1 aromatic carbocycles. The van der Waals surface area contributed by atoms with Crippen molar-refractivity contribution in [2.24, 2.45) is 0 Å². The molecule has 0 fully saturated rings. The largest absolute Gasteiger partial charge is 0.465 e. The lowest BCUT2D eigenvalue weighted by atomic mass is 10.2. The minimum atomic E-state index is -0.393. The molecule has 0 atom stereocenters. The lowest BCUT2D eigenvalue weighted by molar-refractivity contribution is 0.0466. The van der Waals surface area contributed by atoms with Gasteiger partial charge in [-0.15, -0.1) is 11.3 Å². The first-order valence-electron chi connectivity index (χ1n) is 10.1. The second-order valence-corrected chi connectivity index (χ2v) is 7.81. The number of rotatable bonds is 9. The van der Waals surface area contributed by atoms with E-state index in [0.29, 0.717) is 27.7 Å². The van der Waals surface area contributed by atoms with E-state index in [-0.39, 0.29) is 5.97 Å². The number of carbonyl (C=O) groups excluding carboxylic acids is 2. The zero-order valence-electron chi connectivity index (χ0n) is 18.1. The van der Waals surface area contributed by atoms with Gasteiger partial charge in [-0.05, 0) is 49.8 Å². The lowest BCUT2D eigenvalue weighted by Gasteiger charge is -2.17. The van der Waals surface area contributed by atoms with E-state index in [0.717, 1.165) is 36.3 Å². The third-order valence-electron chi connectivity index (χ3n) is 5.02. The number of ether oxygens (including phenoxy) is 2. The normalized spacial score (nSPS) is 11.0. The Bertz CT molecular complexity index is 1060. The molecule has 0 aliphatic heterocycles. The van der Waals surface area contributed by atoms with Crippen LogP contribution in [-0.4, -0.2) is 60.2 Å². The number of hydrogen-bond acceptors (Lipinski definition) is 9. The van der Waals surface area contributed by atoms with Crippen LogP contribution in [0.5, 0.6) is 0 Å². The van der Waals surface area contributed by atoms with Gasteiger partial charge in [0.25, 0.3) is 0 Å². The molecule has 0 spiro atoms. The molecule has 1 N–H and O–H groups in total. The van der Waals surface area contributed by atoms with Gasteiger partial charge >= 0.3 is 11.9 Å². The minimum absolute atomic E-state index is 0.348. The van der Waals surface area contributed by atoms with Gasteiger partial charge in [-0.25, -0.2) is 19.6 Å². The number of hydrogen-bond donors (Lipinski definition) is 1. The maximum Gasteiger partial charge on any atom is 0.348 e. The Balaban J connectivity index is 1.71. The van der Waals surface area contributed by atoms with Crippen molar-refractivity contribution < 1.29 is 19.1 Å². The molecule has 0 aliphatic carbocycles. The summed E-state index contributed by atoms with van der Waals surface area (Å²) in [6, 6.07) is 7.00. The van der Waals surface area contributed by atoms with Crippen molar-refractivity contribution in [3.63, 3.8) is 0 Å². The van der Waals surface area contributed by atoms with Crippen LogP contribution in [0, 0.1) is 6.92 Å². The Morgan fingerprint density at radius 1 is 1.10 bits per heavy atom. The molecule has 3 aromatic rings. The van der Waals surface area contributed by atoms with Crippen molar-refractivity contribution in [1.82, 2.24) is 14.9 Å². The van der Waals surface area contributed by atoms with Crippen LogP contribution in [0.15, 0.2) is 30.6 Å². The number of aromatic nitrogens is 2. The van der Waals surface area contributed by atoms with Gasteiger partial charge in [0.05, 0.1) is 18.1 Å². The smallest absolute Gasteiger partial charge is 0.348 e. The zero-order valence-corrected chi connectivity index (χ0v) is 18.9. The van der Waals surface area contributed by atoms with E-state index in [1.165, 1.54) is 24.8 Å². The molecule has 0 amide bonds. The Morgan fingerprint density at radius 3 is 2.45 bits per heavy atom. The summed E-state index contributed by atoms with van der Waals surface area (Å²) < 4.78 is 10.2. The van der Waals surface area contributed by atoms with Crippen molar-refractivity contribution in [2.75, 3.05) is 38.7 Å². The zero-order chi connectivity index (χ0) is 22.4. The van der Waals surface area contributed by atoms with Gasteiger partial charge in [-0.2, -0.15) is 0 Å². The summed E-state index contributed by atoms with van der Waals surface area (Å²) in [5.74, 6) is -0.154. The second kappa shape index (κ2) is 10.3. The van der Waals surface area contributed by atoms with Gasteiger partial charge in [0.15, 0.2) is 0 Å². The van der Waals surface area contributed by atoms with E-state index >= 15 is 0 Å². The van der Waals surface area contributed by atoms with Crippen LogP contribution in [0.2, 0.25) is 0 Å². The molecule has 9 heteroatoms. The quantitative estimate of drug-likeness (QED) is 0.497. The number of nitrogens with zero attached hydrogens (tertiary/aromatic N) is 3. The Labute approximate surface area is 185 Å². The number of anilines is 2. The van der Waals surface area contributed by atoms with E-state index in [9.17, 15) is 9.59 Å². The molecule has 31 heavy (non-hydrogen) atoms. The highest BCUT2D eigenvalue weighted by Crippen LogP contribution is 2.34. The lowest BCUT2D eigenvalue weighted by Crippen LogP contribution is -2.27. The monoisotopic (exact) mass is 442 g/mol. The predicted molar refractivity (Wildman–Crippen MR) is 121 cm³/mol. The number of methoxy groups -OCH3 is 1. The van der Waals surface area contributed by atoms with Crippen LogP contribution < -0.4 is 5.32 Å². The number of likely N-dealkylation sites (N-methyl/N-ethyl adjacent to an activating group) is 1. The first-order chi connectivity index (χ1) is 15.0. The Hall–Kier alpha value is -3.04. The maximum atomic E-state index is 12.3. The molecule has 0 bridgehead atoms. The van der Waals surface area contributed by atoms with Crippen LogP contribution >= 0.6 is 11.3 Å². The molecule has 0 radical (unpaired) electrons. The average molecular weight is 443 g/mol. The van der Waals surface area contributed by atoms with E-state index < -0.39 is 5.97 Å². The van der Waals surface area contributed by atoms with Crippen molar-refractivity contribution in [3.05, 3.63) is 46.6 Å². The molecule has 2 heterocycles. The number of aryl methyl sites for hydroxylation is 1. The number of thiophene rings is 1. The fraction of sp³-hybridized carbons (Fsp3) is 0.364. The van der Waals surface area contributed by atoms with E-state index in [4.69, 9.17) is 9.47 Å². The SMILES string of the molecule is CCN(CC)CCOC(=O)c1ccc(Nc2ncnc3sc(C(=O)OC)c(C)c23)cc1. The first-order valence-corrected chi connectivity index (χ1v) is 10.9. The first kappa shape index (κ1) is 22.6. The highest BCUT2D eigenvalue weighted by atomic mass is 32.1. The van der Waals surface area contributed by atoms with E-state index in [1.54, 1.807) is 24.3 Å². The highest BCUT2D eigenvalue weighted by molar-refractivity contribution is 7.20. The summed E-state index contributed by atoms with van der Waals surface area (Å²) in [5.41, 5.74) is 2.01. The molecule has 3 rings (SSSR count). The Morgan fingerprint density at radius 2 is 1.81 bits per heavy atom. The van der Waals surface area contributed by atoms with Gasteiger partial charge in [-0.3, -0.25) is 0 Å². The topological polar surface area (TPSA) is 93.6 Å². The fourth-order valence-corrected chi connectivity index (χ4v) is 4.24. The number of nitrogens with one attached hydrogen (secondary N) is 1. The molecule has 0 saturated heterocycles. The summed E-state index contributed by atoms with van der Waals surface area (Å²) in [6.45, 7) is 8.93. The molecule has 2 aromatic heterocycles. The predicted octanol–water partition coefficient (Wildman–Crippen LogP) is 4.03.